The quantitative estimate of drug-likeness (QED) is 0.0273. The molecule has 9 heteroatoms. The summed E-state index contributed by atoms with van der Waals surface area (Å²) >= 11 is 0. The number of phosphoric acid groups is 1. The molecule has 0 saturated carbocycles. The van der Waals surface area contributed by atoms with Crippen LogP contribution in [0.25, 0.3) is 0 Å². The fourth-order valence-electron chi connectivity index (χ4n) is 7.94. The molecule has 0 aliphatic rings. The van der Waals surface area contributed by atoms with Crippen molar-refractivity contribution in [2.45, 2.75) is 270 Å². The molecule has 8 nitrogen and oxygen atoms in total. The zero-order chi connectivity index (χ0) is 45.7. The molecule has 0 aromatic carbocycles. The molecule has 0 saturated heterocycles. The average Bonchev–Trinajstić information content (AvgIpc) is 3.23. The third kappa shape index (κ3) is 47.0. The van der Waals surface area contributed by atoms with E-state index in [1.807, 2.05) is 27.2 Å². The van der Waals surface area contributed by atoms with Crippen LogP contribution in [0.2, 0.25) is 0 Å². The molecule has 368 valence electrons. The lowest BCUT2D eigenvalue weighted by atomic mass is 10.0. The molecule has 62 heavy (non-hydrogen) atoms. The second-order valence-corrected chi connectivity index (χ2v) is 21.0. The smallest absolute Gasteiger partial charge is 0.268 e. The lowest BCUT2D eigenvalue weighted by Gasteiger charge is -2.29. The molecule has 0 aliphatic heterocycles. The van der Waals surface area contributed by atoms with Crippen LogP contribution in [0.3, 0.4) is 0 Å². The number of allylic oxidation sites excluding steroid dienone is 3. The summed E-state index contributed by atoms with van der Waals surface area (Å²) in [6.45, 7) is 4.59. The fourth-order valence-corrected chi connectivity index (χ4v) is 8.66. The van der Waals surface area contributed by atoms with Crippen LogP contribution in [0.5, 0.6) is 0 Å². The van der Waals surface area contributed by atoms with Crippen molar-refractivity contribution < 1.29 is 32.9 Å². The van der Waals surface area contributed by atoms with Gasteiger partial charge >= 0.3 is 0 Å². The first-order valence-corrected chi connectivity index (χ1v) is 28.2. The standard InChI is InChI=1S/C53H105N2O6P/c1-6-8-10-12-14-16-17-18-19-20-21-22-23-24-25-26-27-28-29-30-31-32-33-34-35-36-37-39-41-43-45-47-53(57)54-51(50-61-62(58,59)60-49-48-55(3,4)5)52(56)46-44-42-40-38-15-13-11-9-7-2/h15,38,44,46,51-52,56H,6-14,16-37,39-43,45,47-50H2,1-5H3,(H-,54,57,58,59)/b38-15+,46-44+. The second-order valence-electron chi connectivity index (χ2n) is 19.6. The number of carbonyl (C=O) groups excluding carboxylic acids is 1. The van der Waals surface area contributed by atoms with Gasteiger partial charge in [0.05, 0.1) is 39.9 Å². The van der Waals surface area contributed by atoms with Crippen molar-refractivity contribution in [2.24, 2.45) is 0 Å². The van der Waals surface area contributed by atoms with Crippen LogP contribution in [0.1, 0.15) is 258 Å². The first kappa shape index (κ1) is 61.0. The first-order chi connectivity index (χ1) is 30.0. The number of rotatable bonds is 49. The Balaban J connectivity index is 3.93. The van der Waals surface area contributed by atoms with Gasteiger partial charge in [-0.1, -0.05) is 244 Å². The van der Waals surface area contributed by atoms with Crippen LogP contribution in [-0.2, 0) is 18.4 Å². The van der Waals surface area contributed by atoms with Crippen LogP contribution in [0.15, 0.2) is 24.3 Å². The molecule has 0 aliphatic carbocycles. The number of unbranched alkanes of at least 4 members (excludes halogenated alkanes) is 34. The summed E-state index contributed by atoms with van der Waals surface area (Å²) in [7, 11) is 1.25. The van der Waals surface area contributed by atoms with Gasteiger partial charge < -0.3 is 28.8 Å². The summed E-state index contributed by atoms with van der Waals surface area (Å²) in [5.41, 5.74) is 0. The number of carbonyl (C=O) groups is 1. The SMILES string of the molecule is CCCCC/C=C/CC/C=C/C(O)C(COP(=O)([O-])OCC[N+](C)(C)C)NC(=O)CCCCCCCCCCCCCCCCCCCCCCCCCCCCCCCCC. The molecule has 0 rings (SSSR count). The van der Waals surface area contributed by atoms with Crippen molar-refractivity contribution in [3.05, 3.63) is 24.3 Å². The van der Waals surface area contributed by atoms with Gasteiger partial charge in [-0.2, -0.15) is 0 Å². The summed E-state index contributed by atoms with van der Waals surface area (Å²) in [6, 6.07) is -0.897. The molecule has 0 aromatic heterocycles. The molecule has 1 amide bonds. The summed E-state index contributed by atoms with van der Waals surface area (Å²) in [4.78, 5) is 25.3. The maximum absolute atomic E-state index is 12.9. The Labute approximate surface area is 385 Å². The highest BCUT2D eigenvalue weighted by atomic mass is 31.2. The topological polar surface area (TPSA) is 108 Å². The highest BCUT2D eigenvalue weighted by Gasteiger charge is 2.23. The van der Waals surface area contributed by atoms with E-state index in [1.54, 1.807) is 6.08 Å². The summed E-state index contributed by atoms with van der Waals surface area (Å²) in [5.74, 6) is -0.205. The summed E-state index contributed by atoms with van der Waals surface area (Å²) in [5, 5.41) is 13.7. The Hall–Kier alpha value is -1.02. The van der Waals surface area contributed by atoms with Crippen LogP contribution in [0, 0.1) is 0 Å². The monoisotopic (exact) mass is 897 g/mol. The Bertz CT molecular complexity index is 1060. The molecule has 0 aromatic rings. The molecule has 2 N–H and O–H groups in total. The maximum Gasteiger partial charge on any atom is 0.268 e. The highest BCUT2D eigenvalue weighted by Crippen LogP contribution is 2.38. The maximum atomic E-state index is 12.9. The zero-order valence-electron chi connectivity index (χ0n) is 41.8. The third-order valence-electron chi connectivity index (χ3n) is 12.2. The number of amides is 1. The van der Waals surface area contributed by atoms with Crippen molar-refractivity contribution in [2.75, 3.05) is 40.9 Å². The Morgan fingerprint density at radius 3 is 1.31 bits per heavy atom. The molecule has 3 unspecified atom stereocenters. The van der Waals surface area contributed by atoms with E-state index in [4.69, 9.17) is 9.05 Å². The van der Waals surface area contributed by atoms with Gasteiger partial charge in [0, 0.05) is 6.42 Å². The van der Waals surface area contributed by atoms with Gasteiger partial charge in [0.1, 0.15) is 13.2 Å². The van der Waals surface area contributed by atoms with Gasteiger partial charge in [-0.3, -0.25) is 9.36 Å². The lowest BCUT2D eigenvalue weighted by molar-refractivity contribution is -0.870. The Morgan fingerprint density at radius 2 is 0.903 bits per heavy atom. The molecular weight excluding hydrogens is 792 g/mol. The number of likely N-dealkylation sites (N-methyl/N-ethyl adjacent to an activating group) is 1. The van der Waals surface area contributed by atoms with E-state index in [9.17, 15) is 19.4 Å². The molecule has 0 spiro atoms. The fraction of sp³-hybridized carbons (Fsp3) is 0.906. The number of nitrogens with zero attached hydrogens (tertiary/aromatic N) is 1. The summed E-state index contributed by atoms with van der Waals surface area (Å²) < 4.78 is 23.2. The van der Waals surface area contributed by atoms with Crippen LogP contribution in [-0.4, -0.2) is 68.5 Å². The number of aliphatic hydroxyl groups excluding tert-OH is 1. The van der Waals surface area contributed by atoms with Crippen LogP contribution >= 0.6 is 7.82 Å². The van der Waals surface area contributed by atoms with E-state index in [2.05, 4.69) is 31.3 Å². The van der Waals surface area contributed by atoms with Gasteiger partial charge in [0.25, 0.3) is 7.82 Å². The third-order valence-corrected chi connectivity index (χ3v) is 13.1. The zero-order valence-corrected chi connectivity index (χ0v) is 42.7. The second kappa shape index (κ2) is 45.1. The number of nitrogens with one attached hydrogen (secondary N) is 1. The van der Waals surface area contributed by atoms with Gasteiger partial charge in [-0.15, -0.1) is 0 Å². The molecule has 0 heterocycles. The van der Waals surface area contributed by atoms with Gasteiger partial charge in [-0.25, -0.2) is 0 Å². The molecule has 0 radical (unpaired) electrons. The Kier molecular flexibility index (Phi) is 44.4. The first-order valence-electron chi connectivity index (χ1n) is 26.7. The van der Waals surface area contributed by atoms with Crippen molar-refractivity contribution in [3.63, 3.8) is 0 Å². The predicted molar refractivity (Wildman–Crippen MR) is 265 cm³/mol. The average molecular weight is 897 g/mol. The van der Waals surface area contributed by atoms with Gasteiger partial charge in [0.15, 0.2) is 0 Å². The predicted octanol–water partition coefficient (Wildman–Crippen LogP) is 15.0. The van der Waals surface area contributed by atoms with Crippen molar-refractivity contribution in [3.8, 4) is 0 Å². The normalized spacial score (nSPS) is 14.2. The van der Waals surface area contributed by atoms with Crippen molar-refractivity contribution >= 4 is 13.7 Å². The Morgan fingerprint density at radius 1 is 0.548 bits per heavy atom. The van der Waals surface area contributed by atoms with E-state index < -0.39 is 20.0 Å². The summed E-state index contributed by atoms with van der Waals surface area (Å²) in [6.07, 6.45) is 55.7. The lowest BCUT2D eigenvalue weighted by Crippen LogP contribution is -2.45. The minimum atomic E-state index is -4.59. The van der Waals surface area contributed by atoms with Gasteiger partial charge in [-0.05, 0) is 32.1 Å². The van der Waals surface area contributed by atoms with Crippen molar-refractivity contribution in [1.29, 1.82) is 0 Å². The minimum absolute atomic E-state index is 0.00454. The number of quaternary nitrogens is 1. The van der Waals surface area contributed by atoms with E-state index in [0.29, 0.717) is 17.4 Å². The molecule has 3 atom stereocenters. The van der Waals surface area contributed by atoms with Crippen LogP contribution in [0.4, 0.5) is 0 Å². The molecule has 0 bridgehead atoms. The van der Waals surface area contributed by atoms with E-state index in [0.717, 1.165) is 38.5 Å². The van der Waals surface area contributed by atoms with E-state index >= 15 is 0 Å². The van der Waals surface area contributed by atoms with E-state index in [1.165, 1.54) is 199 Å². The minimum Gasteiger partial charge on any atom is -0.756 e. The number of aliphatic hydroxyl groups is 1. The number of phosphoric ester groups is 1. The van der Waals surface area contributed by atoms with Crippen LogP contribution < -0.4 is 10.2 Å². The molecular formula is C53H105N2O6P. The largest absolute Gasteiger partial charge is 0.756 e. The number of hydrogen-bond acceptors (Lipinski definition) is 6. The number of hydrogen-bond donors (Lipinski definition) is 2. The highest BCUT2D eigenvalue weighted by molar-refractivity contribution is 7.45. The van der Waals surface area contributed by atoms with Crippen molar-refractivity contribution in [1.82, 2.24) is 5.32 Å². The molecule has 0 fully saturated rings. The van der Waals surface area contributed by atoms with Gasteiger partial charge in [0.2, 0.25) is 5.91 Å². The van der Waals surface area contributed by atoms with E-state index in [-0.39, 0.29) is 19.1 Å².